The molecule has 0 amide bonds. The molecule has 9 rings (SSSR count). The standard InChI is InChI=1S/C48H35N/c1-32-8-6-12-47-43(32)26-20-38-30-41(24-28-45(38)47)49(42-25-29-46-39(31-42)21-27-44-33(2)9-7-13-48(44)46)40-22-18-37(19-23-40)36-16-14-35(15-17-36)34-10-4-3-5-11-34/h3-31H,1-2H3. The van der Waals surface area contributed by atoms with Gasteiger partial charge in [-0.25, -0.2) is 0 Å². The zero-order valence-electron chi connectivity index (χ0n) is 27.7. The minimum absolute atomic E-state index is 1.12. The van der Waals surface area contributed by atoms with E-state index in [9.17, 15) is 0 Å². The van der Waals surface area contributed by atoms with Crippen molar-refractivity contribution in [1.29, 1.82) is 0 Å². The first-order valence-corrected chi connectivity index (χ1v) is 17.0. The van der Waals surface area contributed by atoms with Crippen molar-refractivity contribution in [1.82, 2.24) is 0 Å². The van der Waals surface area contributed by atoms with Gasteiger partial charge in [-0.05, 0) is 127 Å². The molecular weight excluding hydrogens is 591 g/mol. The Morgan fingerprint density at radius 2 is 0.694 bits per heavy atom. The van der Waals surface area contributed by atoms with Crippen LogP contribution in [0.1, 0.15) is 11.1 Å². The Labute approximate surface area is 287 Å². The predicted molar refractivity (Wildman–Crippen MR) is 211 cm³/mol. The summed E-state index contributed by atoms with van der Waals surface area (Å²) in [7, 11) is 0. The van der Waals surface area contributed by atoms with Crippen LogP contribution in [0.15, 0.2) is 176 Å². The van der Waals surface area contributed by atoms with Crippen molar-refractivity contribution < 1.29 is 0 Å². The molecule has 0 aliphatic heterocycles. The second-order valence-corrected chi connectivity index (χ2v) is 13.1. The number of hydrogen-bond donors (Lipinski definition) is 0. The van der Waals surface area contributed by atoms with Gasteiger partial charge in [0.05, 0.1) is 0 Å². The first-order chi connectivity index (χ1) is 24.1. The first-order valence-electron chi connectivity index (χ1n) is 17.0. The third-order valence-electron chi connectivity index (χ3n) is 10.1. The van der Waals surface area contributed by atoms with Gasteiger partial charge in [-0.2, -0.15) is 0 Å². The zero-order chi connectivity index (χ0) is 32.9. The Bertz CT molecular complexity index is 2530. The summed E-state index contributed by atoms with van der Waals surface area (Å²) in [4.78, 5) is 2.39. The van der Waals surface area contributed by atoms with E-state index in [1.807, 2.05) is 0 Å². The lowest BCUT2D eigenvalue weighted by atomic mass is 9.97. The molecular formula is C48H35N. The molecule has 0 atom stereocenters. The van der Waals surface area contributed by atoms with Crippen molar-refractivity contribution >= 4 is 60.2 Å². The fraction of sp³-hybridized carbons (Fsp3) is 0.0417. The van der Waals surface area contributed by atoms with Crippen LogP contribution in [0.25, 0.3) is 65.3 Å². The van der Waals surface area contributed by atoms with Gasteiger partial charge in [0.25, 0.3) is 0 Å². The highest BCUT2D eigenvalue weighted by Crippen LogP contribution is 2.40. The Kier molecular flexibility index (Phi) is 6.99. The van der Waals surface area contributed by atoms with Crippen molar-refractivity contribution in [3.63, 3.8) is 0 Å². The molecule has 9 aromatic carbocycles. The second kappa shape index (κ2) is 11.8. The predicted octanol–water partition coefficient (Wildman–Crippen LogP) is 13.7. The largest absolute Gasteiger partial charge is 0.310 e. The number of fused-ring (bicyclic) bond motifs is 6. The molecule has 0 aliphatic rings. The van der Waals surface area contributed by atoms with Gasteiger partial charge in [0.1, 0.15) is 0 Å². The van der Waals surface area contributed by atoms with E-state index >= 15 is 0 Å². The summed E-state index contributed by atoms with van der Waals surface area (Å²) in [5.41, 5.74) is 10.9. The first kappa shape index (κ1) is 29.0. The molecule has 0 fully saturated rings. The minimum atomic E-state index is 1.12. The highest BCUT2D eigenvalue weighted by molar-refractivity contribution is 6.11. The molecule has 0 aliphatic carbocycles. The topological polar surface area (TPSA) is 3.24 Å². The van der Waals surface area contributed by atoms with Gasteiger partial charge in [-0.1, -0.05) is 140 Å². The Hall–Kier alpha value is -6.18. The van der Waals surface area contributed by atoms with Crippen molar-refractivity contribution in [2.24, 2.45) is 0 Å². The number of hydrogen-bond acceptors (Lipinski definition) is 1. The summed E-state index contributed by atoms with van der Waals surface area (Å²) < 4.78 is 0. The van der Waals surface area contributed by atoms with Gasteiger partial charge in [-0.15, -0.1) is 0 Å². The zero-order valence-corrected chi connectivity index (χ0v) is 27.7. The van der Waals surface area contributed by atoms with E-state index in [4.69, 9.17) is 0 Å². The summed E-state index contributed by atoms with van der Waals surface area (Å²) in [6.07, 6.45) is 0. The van der Waals surface area contributed by atoms with E-state index in [1.54, 1.807) is 0 Å². The number of anilines is 3. The molecule has 0 N–H and O–H groups in total. The molecule has 1 heteroatoms. The summed E-state index contributed by atoms with van der Waals surface area (Å²) in [5, 5.41) is 10.2. The van der Waals surface area contributed by atoms with E-state index in [0.717, 1.165) is 17.1 Å². The van der Waals surface area contributed by atoms with E-state index in [2.05, 4.69) is 195 Å². The normalized spacial score (nSPS) is 11.5. The maximum absolute atomic E-state index is 2.39. The highest BCUT2D eigenvalue weighted by Gasteiger charge is 2.16. The molecule has 0 saturated heterocycles. The Morgan fingerprint density at radius 3 is 1.18 bits per heavy atom. The van der Waals surface area contributed by atoms with Crippen LogP contribution in [0.4, 0.5) is 17.1 Å². The van der Waals surface area contributed by atoms with Crippen molar-refractivity contribution in [3.8, 4) is 22.3 Å². The van der Waals surface area contributed by atoms with Crippen LogP contribution in [0.3, 0.4) is 0 Å². The Morgan fingerprint density at radius 1 is 0.286 bits per heavy atom. The highest BCUT2D eigenvalue weighted by atomic mass is 15.1. The van der Waals surface area contributed by atoms with Crippen LogP contribution < -0.4 is 4.90 Å². The summed E-state index contributed by atoms with van der Waals surface area (Å²) >= 11 is 0. The van der Waals surface area contributed by atoms with Gasteiger partial charge in [0.2, 0.25) is 0 Å². The van der Waals surface area contributed by atoms with Gasteiger partial charge in [0, 0.05) is 17.1 Å². The quantitative estimate of drug-likeness (QED) is 0.172. The minimum Gasteiger partial charge on any atom is -0.310 e. The second-order valence-electron chi connectivity index (χ2n) is 13.1. The lowest BCUT2D eigenvalue weighted by Gasteiger charge is -2.27. The molecule has 0 aromatic heterocycles. The number of benzene rings is 9. The summed E-state index contributed by atoms with van der Waals surface area (Å²) in [5.74, 6) is 0. The van der Waals surface area contributed by atoms with Gasteiger partial charge >= 0.3 is 0 Å². The lowest BCUT2D eigenvalue weighted by Crippen LogP contribution is -2.10. The molecule has 9 aromatic rings. The summed E-state index contributed by atoms with van der Waals surface area (Å²) in [6, 6.07) is 64.5. The molecule has 0 unspecified atom stereocenters. The SMILES string of the molecule is Cc1cccc2c1ccc1cc(N(c3ccc(-c4ccc(-c5ccccc5)cc4)cc3)c3ccc4c(ccc5c(C)cccc54)c3)ccc12. The monoisotopic (exact) mass is 625 g/mol. The molecule has 0 radical (unpaired) electrons. The third-order valence-corrected chi connectivity index (χ3v) is 10.1. The molecule has 0 spiro atoms. The van der Waals surface area contributed by atoms with Crippen LogP contribution in [0.5, 0.6) is 0 Å². The number of aryl methyl sites for hydroxylation is 2. The fourth-order valence-electron chi connectivity index (χ4n) is 7.50. The van der Waals surface area contributed by atoms with Gasteiger partial charge in [-0.3, -0.25) is 0 Å². The van der Waals surface area contributed by atoms with Crippen LogP contribution in [-0.2, 0) is 0 Å². The lowest BCUT2D eigenvalue weighted by molar-refractivity contribution is 1.29. The number of rotatable bonds is 5. The van der Waals surface area contributed by atoms with E-state index < -0.39 is 0 Å². The molecule has 1 nitrogen and oxygen atoms in total. The van der Waals surface area contributed by atoms with Crippen LogP contribution >= 0.6 is 0 Å². The van der Waals surface area contributed by atoms with Gasteiger partial charge < -0.3 is 4.90 Å². The van der Waals surface area contributed by atoms with E-state index in [-0.39, 0.29) is 0 Å². The van der Waals surface area contributed by atoms with Crippen molar-refractivity contribution in [2.75, 3.05) is 4.90 Å². The molecule has 49 heavy (non-hydrogen) atoms. The van der Waals surface area contributed by atoms with Crippen molar-refractivity contribution in [2.45, 2.75) is 13.8 Å². The van der Waals surface area contributed by atoms with Crippen LogP contribution in [0.2, 0.25) is 0 Å². The van der Waals surface area contributed by atoms with Crippen molar-refractivity contribution in [3.05, 3.63) is 187 Å². The smallest absolute Gasteiger partial charge is 0.0468 e. The van der Waals surface area contributed by atoms with E-state index in [1.165, 1.54) is 76.5 Å². The third kappa shape index (κ3) is 5.12. The average molecular weight is 626 g/mol. The summed E-state index contributed by atoms with van der Waals surface area (Å²) in [6.45, 7) is 4.38. The average Bonchev–Trinajstić information content (AvgIpc) is 3.15. The van der Waals surface area contributed by atoms with E-state index in [0.29, 0.717) is 0 Å². The number of nitrogens with zero attached hydrogens (tertiary/aromatic N) is 1. The fourth-order valence-corrected chi connectivity index (χ4v) is 7.50. The van der Waals surface area contributed by atoms with Crippen LogP contribution in [-0.4, -0.2) is 0 Å². The van der Waals surface area contributed by atoms with Gasteiger partial charge in [0.15, 0.2) is 0 Å². The maximum atomic E-state index is 2.39. The van der Waals surface area contributed by atoms with Crippen LogP contribution in [0, 0.1) is 13.8 Å². The molecule has 232 valence electrons. The Balaban J connectivity index is 1.16. The molecule has 0 bridgehead atoms. The molecule has 0 heterocycles. The molecule has 0 saturated carbocycles. The maximum Gasteiger partial charge on any atom is 0.0468 e.